The van der Waals surface area contributed by atoms with Crippen LogP contribution in [0.5, 0.6) is 0 Å². The van der Waals surface area contributed by atoms with E-state index >= 15 is 0 Å². The maximum Gasteiger partial charge on any atom is 0.245 e. The molecule has 2 rings (SSSR count). The van der Waals surface area contributed by atoms with E-state index in [1.165, 1.54) is 24.8 Å². The van der Waals surface area contributed by atoms with Crippen molar-refractivity contribution in [3.8, 4) is 0 Å². The Morgan fingerprint density at radius 1 is 1.04 bits per heavy atom. The molecular weight excluding hydrogens is 342 g/mol. The highest BCUT2D eigenvalue weighted by atomic mass is 32.1. The van der Waals surface area contributed by atoms with Gasteiger partial charge in [0.1, 0.15) is 0 Å². The van der Waals surface area contributed by atoms with E-state index in [4.69, 9.17) is 12.2 Å². The summed E-state index contributed by atoms with van der Waals surface area (Å²) < 4.78 is 0. The second-order valence-corrected chi connectivity index (χ2v) is 6.76. The van der Waals surface area contributed by atoms with Crippen LogP contribution in [0.25, 0.3) is 0 Å². The molecule has 2 aromatic rings. The first-order valence-corrected chi connectivity index (χ1v) is 9.45. The quantitative estimate of drug-likeness (QED) is 0.536. The maximum absolute atomic E-state index is 12.1. The van der Waals surface area contributed by atoms with E-state index in [0.717, 1.165) is 17.8 Å². The van der Waals surface area contributed by atoms with Crippen molar-refractivity contribution < 1.29 is 4.79 Å². The van der Waals surface area contributed by atoms with Crippen LogP contribution in [0.4, 0.5) is 11.4 Å². The summed E-state index contributed by atoms with van der Waals surface area (Å²) in [6.45, 7) is 2.45. The molecule has 0 aliphatic carbocycles. The molecule has 0 aliphatic rings. The fourth-order valence-corrected chi connectivity index (χ4v) is 2.88. The molecule has 0 bridgehead atoms. The number of anilines is 2. The lowest BCUT2D eigenvalue weighted by molar-refractivity contribution is -0.118. The van der Waals surface area contributed by atoms with Crippen LogP contribution in [0, 0.1) is 0 Å². The highest BCUT2D eigenvalue weighted by Gasteiger charge is 2.09. The van der Waals surface area contributed by atoms with Gasteiger partial charge in [-0.05, 0) is 54.9 Å². The van der Waals surface area contributed by atoms with Crippen molar-refractivity contribution in [2.75, 3.05) is 23.8 Å². The summed E-state index contributed by atoms with van der Waals surface area (Å²) >= 11 is 5.24. The highest BCUT2D eigenvalue weighted by Crippen LogP contribution is 2.13. The molecule has 4 nitrogen and oxygen atoms in total. The van der Waals surface area contributed by atoms with Gasteiger partial charge in [-0.3, -0.25) is 4.79 Å². The van der Waals surface area contributed by atoms with Crippen LogP contribution in [0.15, 0.2) is 54.6 Å². The van der Waals surface area contributed by atoms with E-state index in [-0.39, 0.29) is 12.5 Å². The van der Waals surface area contributed by atoms with Crippen molar-refractivity contribution in [3.05, 3.63) is 60.2 Å². The van der Waals surface area contributed by atoms with Gasteiger partial charge in [0.15, 0.2) is 5.11 Å². The Balaban J connectivity index is 1.77. The molecule has 0 saturated heterocycles. The number of carbonyl (C=O) groups is 1. The van der Waals surface area contributed by atoms with Crippen molar-refractivity contribution in [1.82, 2.24) is 5.32 Å². The van der Waals surface area contributed by atoms with Crippen molar-refractivity contribution in [1.29, 1.82) is 0 Å². The maximum atomic E-state index is 12.1. The Morgan fingerprint density at radius 2 is 1.73 bits per heavy atom. The normalized spacial score (nSPS) is 10.2. The number of unbranched alkanes of at least 4 members (excludes halogenated alkanes) is 2. The van der Waals surface area contributed by atoms with E-state index in [9.17, 15) is 4.79 Å². The fourth-order valence-electron chi connectivity index (χ4n) is 2.65. The van der Waals surface area contributed by atoms with Gasteiger partial charge in [-0.2, -0.15) is 0 Å². The Labute approximate surface area is 161 Å². The number of amides is 1. The van der Waals surface area contributed by atoms with E-state index in [2.05, 4.69) is 29.7 Å². The number of hydrogen-bond acceptors (Lipinski definition) is 3. The van der Waals surface area contributed by atoms with Crippen LogP contribution in [-0.4, -0.2) is 24.6 Å². The largest absolute Gasteiger partial charge is 0.365 e. The molecule has 0 atom stereocenters. The summed E-state index contributed by atoms with van der Waals surface area (Å²) in [5.74, 6) is -0.148. The highest BCUT2D eigenvalue weighted by molar-refractivity contribution is 7.80. The monoisotopic (exact) mass is 369 g/mol. The van der Waals surface area contributed by atoms with Gasteiger partial charge in [0.25, 0.3) is 0 Å². The lowest BCUT2D eigenvalue weighted by atomic mass is 10.1. The van der Waals surface area contributed by atoms with Gasteiger partial charge in [-0.1, -0.05) is 50.1 Å². The Hall–Kier alpha value is -2.40. The summed E-state index contributed by atoms with van der Waals surface area (Å²) in [4.78, 5) is 14.0. The second-order valence-electron chi connectivity index (χ2n) is 6.35. The van der Waals surface area contributed by atoms with Crippen LogP contribution in [0.3, 0.4) is 0 Å². The molecule has 26 heavy (non-hydrogen) atoms. The van der Waals surface area contributed by atoms with Gasteiger partial charge in [0.05, 0.1) is 6.54 Å². The number of rotatable bonds is 8. The van der Waals surface area contributed by atoms with E-state index in [1.807, 2.05) is 54.4 Å². The SMILES string of the molecule is CCCCCc1ccc(NC(=S)NC(=O)CN(C)c2ccccc2)cc1. The third-order valence-corrected chi connectivity index (χ3v) is 4.32. The predicted molar refractivity (Wildman–Crippen MR) is 114 cm³/mol. The summed E-state index contributed by atoms with van der Waals surface area (Å²) in [5, 5.41) is 6.10. The number of carbonyl (C=O) groups excluding carboxylic acids is 1. The Bertz CT molecular complexity index is 701. The molecule has 0 aliphatic heterocycles. The zero-order valence-electron chi connectivity index (χ0n) is 15.5. The minimum atomic E-state index is -0.148. The predicted octanol–water partition coefficient (Wildman–Crippen LogP) is 4.37. The van der Waals surface area contributed by atoms with Gasteiger partial charge in [0, 0.05) is 18.4 Å². The van der Waals surface area contributed by atoms with Gasteiger partial charge >= 0.3 is 0 Å². The summed E-state index contributed by atoms with van der Waals surface area (Å²) in [7, 11) is 1.88. The van der Waals surface area contributed by atoms with Crippen LogP contribution >= 0.6 is 12.2 Å². The minimum absolute atomic E-state index is 0.148. The number of nitrogens with one attached hydrogen (secondary N) is 2. The van der Waals surface area contributed by atoms with Gasteiger partial charge in [-0.15, -0.1) is 0 Å². The minimum Gasteiger partial charge on any atom is -0.365 e. The third kappa shape index (κ3) is 6.84. The lowest BCUT2D eigenvalue weighted by Gasteiger charge is -2.19. The smallest absolute Gasteiger partial charge is 0.245 e. The number of hydrogen-bond donors (Lipinski definition) is 2. The number of likely N-dealkylation sites (N-methyl/N-ethyl adjacent to an activating group) is 1. The topological polar surface area (TPSA) is 44.4 Å². The van der Waals surface area contributed by atoms with Crippen molar-refractivity contribution in [2.24, 2.45) is 0 Å². The first-order chi connectivity index (χ1) is 12.6. The summed E-state index contributed by atoms with van der Waals surface area (Å²) in [6, 6.07) is 18.0. The standard InChI is InChI=1S/C21H27N3OS/c1-3-4-6-9-17-12-14-18(15-13-17)22-21(26)23-20(25)16-24(2)19-10-7-5-8-11-19/h5,7-8,10-15H,3-4,6,9,16H2,1-2H3,(H2,22,23,25,26). The summed E-state index contributed by atoms with van der Waals surface area (Å²) in [5.41, 5.74) is 3.19. The molecule has 2 N–H and O–H groups in total. The average Bonchev–Trinajstić information content (AvgIpc) is 2.64. The number of thiocarbonyl (C=S) groups is 1. The Morgan fingerprint density at radius 3 is 2.38 bits per heavy atom. The first kappa shape index (κ1) is 19.9. The Kier molecular flexibility index (Phi) is 8.09. The molecule has 5 heteroatoms. The van der Waals surface area contributed by atoms with Gasteiger partial charge in [-0.25, -0.2) is 0 Å². The van der Waals surface area contributed by atoms with Crippen molar-refractivity contribution in [3.63, 3.8) is 0 Å². The fraction of sp³-hybridized carbons (Fsp3) is 0.333. The number of benzene rings is 2. The molecule has 138 valence electrons. The van der Waals surface area contributed by atoms with Crippen LogP contribution in [-0.2, 0) is 11.2 Å². The molecule has 0 spiro atoms. The molecule has 0 aromatic heterocycles. The number of nitrogens with zero attached hydrogens (tertiary/aromatic N) is 1. The molecule has 2 aromatic carbocycles. The zero-order chi connectivity index (χ0) is 18.8. The third-order valence-electron chi connectivity index (χ3n) is 4.11. The molecule has 0 fully saturated rings. The van der Waals surface area contributed by atoms with Crippen LogP contribution < -0.4 is 15.5 Å². The molecule has 0 radical (unpaired) electrons. The zero-order valence-corrected chi connectivity index (χ0v) is 16.3. The van der Waals surface area contributed by atoms with Crippen molar-refractivity contribution in [2.45, 2.75) is 32.6 Å². The summed E-state index contributed by atoms with van der Waals surface area (Å²) in [6.07, 6.45) is 4.80. The average molecular weight is 370 g/mol. The second kappa shape index (κ2) is 10.6. The van der Waals surface area contributed by atoms with E-state index in [0.29, 0.717) is 5.11 Å². The number of aryl methyl sites for hydroxylation is 1. The number of para-hydroxylation sites is 1. The molecule has 0 heterocycles. The van der Waals surface area contributed by atoms with E-state index < -0.39 is 0 Å². The molecule has 1 amide bonds. The van der Waals surface area contributed by atoms with Crippen LogP contribution in [0.1, 0.15) is 31.7 Å². The van der Waals surface area contributed by atoms with Crippen LogP contribution in [0.2, 0.25) is 0 Å². The van der Waals surface area contributed by atoms with Gasteiger partial charge in [0.2, 0.25) is 5.91 Å². The molecule has 0 saturated carbocycles. The molecular formula is C21H27N3OS. The lowest BCUT2D eigenvalue weighted by Crippen LogP contribution is -2.40. The molecule has 0 unspecified atom stereocenters. The van der Waals surface area contributed by atoms with Crippen molar-refractivity contribution >= 4 is 34.6 Å². The van der Waals surface area contributed by atoms with E-state index in [1.54, 1.807) is 0 Å². The first-order valence-electron chi connectivity index (χ1n) is 9.04. The van der Waals surface area contributed by atoms with Gasteiger partial charge < -0.3 is 15.5 Å².